The van der Waals surface area contributed by atoms with Gasteiger partial charge in [0.1, 0.15) is 0 Å². The molecule has 2 heterocycles. The monoisotopic (exact) mass is 350 g/mol. The first-order valence-electron chi connectivity index (χ1n) is 7.86. The standard InChI is InChI=1S/C19H15ClN4O/c1-12-8-9-16(20)15(10-12)17-11-18-23(13(2)25)19(22-24(18)21-17)14-6-4-3-5-7-14/h3-11H,1-2H3. The maximum atomic E-state index is 12.2. The summed E-state index contributed by atoms with van der Waals surface area (Å²) in [6.45, 7) is 3.51. The van der Waals surface area contributed by atoms with Crippen molar-refractivity contribution in [2.45, 2.75) is 13.8 Å². The second-order valence-electron chi connectivity index (χ2n) is 5.90. The molecule has 0 bridgehead atoms. The predicted molar refractivity (Wildman–Crippen MR) is 97.9 cm³/mol. The third kappa shape index (κ3) is 2.62. The van der Waals surface area contributed by atoms with Crippen LogP contribution in [-0.2, 0) is 0 Å². The first-order chi connectivity index (χ1) is 12.0. The highest BCUT2D eigenvalue weighted by atomic mass is 35.5. The van der Waals surface area contributed by atoms with Crippen LogP contribution in [0.5, 0.6) is 0 Å². The molecule has 0 aliphatic carbocycles. The van der Waals surface area contributed by atoms with Crippen LogP contribution in [0.1, 0.15) is 17.3 Å². The number of hydrogen-bond donors (Lipinski definition) is 0. The molecule has 0 spiro atoms. The van der Waals surface area contributed by atoms with E-state index in [-0.39, 0.29) is 5.91 Å². The highest BCUT2D eigenvalue weighted by molar-refractivity contribution is 6.33. The fraction of sp³-hybridized carbons (Fsp3) is 0.105. The number of halogens is 1. The van der Waals surface area contributed by atoms with Gasteiger partial charge in [0.25, 0.3) is 0 Å². The summed E-state index contributed by atoms with van der Waals surface area (Å²) in [5.41, 5.74) is 4.07. The van der Waals surface area contributed by atoms with E-state index >= 15 is 0 Å². The van der Waals surface area contributed by atoms with E-state index in [0.29, 0.717) is 22.2 Å². The van der Waals surface area contributed by atoms with Gasteiger partial charge in [-0.3, -0.25) is 4.79 Å². The van der Waals surface area contributed by atoms with Crippen LogP contribution in [0.2, 0.25) is 5.02 Å². The zero-order valence-electron chi connectivity index (χ0n) is 13.8. The Morgan fingerprint density at radius 3 is 2.52 bits per heavy atom. The molecule has 0 aliphatic rings. The quantitative estimate of drug-likeness (QED) is 0.535. The number of aryl methyl sites for hydroxylation is 1. The molecule has 0 saturated carbocycles. The number of hydrogen-bond acceptors (Lipinski definition) is 3. The number of aromatic nitrogens is 4. The van der Waals surface area contributed by atoms with Crippen LogP contribution in [0.4, 0.5) is 0 Å². The minimum atomic E-state index is -0.122. The smallest absolute Gasteiger partial charge is 0.230 e. The van der Waals surface area contributed by atoms with E-state index in [1.165, 1.54) is 11.6 Å². The third-order valence-electron chi connectivity index (χ3n) is 4.05. The molecule has 0 fully saturated rings. The molecule has 2 aromatic carbocycles. The lowest BCUT2D eigenvalue weighted by Crippen LogP contribution is -2.07. The van der Waals surface area contributed by atoms with E-state index in [1.807, 2.05) is 61.5 Å². The molecule has 0 N–H and O–H groups in total. The molecule has 0 saturated heterocycles. The average Bonchev–Trinajstić information content (AvgIpc) is 3.15. The Balaban J connectivity index is 1.93. The largest absolute Gasteiger partial charge is 0.274 e. The van der Waals surface area contributed by atoms with E-state index in [2.05, 4.69) is 10.2 Å². The van der Waals surface area contributed by atoms with E-state index in [9.17, 15) is 4.79 Å². The second-order valence-corrected chi connectivity index (χ2v) is 6.31. The first kappa shape index (κ1) is 15.6. The minimum Gasteiger partial charge on any atom is -0.274 e. The Morgan fingerprint density at radius 1 is 1.04 bits per heavy atom. The van der Waals surface area contributed by atoms with Crippen LogP contribution in [-0.4, -0.2) is 25.3 Å². The van der Waals surface area contributed by atoms with Gasteiger partial charge in [-0.25, -0.2) is 4.57 Å². The fourth-order valence-corrected chi connectivity index (χ4v) is 3.10. The molecule has 0 atom stereocenters. The van der Waals surface area contributed by atoms with Crippen LogP contribution in [0, 0.1) is 6.92 Å². The lowest BCUT2D eigenvalue weighted by molar-refractivity contribution is 0.0942. The van der Waals surface area contributed by atoms with Gasteiger partial charge >= 0.3 is 0 Å². The number of nitrogens with zero attached hydrogens (tertiary/aromatic N) is 4. The highest BCUT2D eigenvalue weighted by Crippen LogP contribution is 2.30. The topological polar surface area (TPSA) is 52.2 Å². The molecule has 25 heavy (non-hydrogen) atoms. The first-order valence-corrected chi connectivity index (χ1v) is 8.24. The SMILES string of the molecule is CC(=O)n1c(-c2ccccc2)nn2nc(-c3cc(C)ccc3Cl)cc12. The second kappa shape index (κ2) is 5.86. The van der Waals surface area contributed by atoms with Crippen molar-refractivity contribution in [2.75, 3.05) is 0 Å². The molecule has 6 heteroatoms. The summed E-state index contributed by atoms with van der Waals surface area (Å²) in [5.74, 6) is 0.445. The van der Waals surface area contributed by atoms with Crippen LogP contribution >= 0.6 is 11.6 Å². The Labute approximate surface area is 149 Å². The van der Waals surface area contributed by atoms with Crippen molar-refractivity contribution in [3.05, 3.63) is 65.2 Å². The molecule has 124 valence electrons. The average molecular weight is 351 g/mol. The molecule has 0 unspecified atom stereocenters. The Bertz CT molecular complexity index is 1100. The number of carbonyl (C=O) groups is 1. The summed E-state index contributed by atoms with van der Waals surface area (Å²) < 4.78 is 3.05. The van der Waals surface area contributed by atoms with Crippen LogP contribution in [0.3, 0.4) is 0 Å². The van der Waals surface area contributed by atoms with Crippen molar-refractivity contribution in [3.63, 3.8) is 0 Å². The number of benzene rings is 2. The molecule has 5 nitrogen and oxygen atoms in total. The van der Waals surface area contributed by atoms with E-state index in [4.69, 9.17) is 11.6 Å². The molecule has 4 aromatic rings. The van der Waals surface area contributed by atoms with Crippen molar-refractivity contribution < 1.29 is 4.79 Å². The number of carbonyl (C=O) groups excluding carboxylic acids is 1. The Hall–Kier alpha value is -2.92. The molecular weight excluding hydrogens is 336 g/mol. The van der Waals surface area contributed by atoms with E-state index in [1.54, 1.807) is 4.57 Å². The lowest BCUT2D eigenvalue weighted by Gasteiger charge is -2.03. The van der Waals surface area contributed by atoms with Gasteiger partial charge in [-0.1, -0.05) is 53.6 Å². The van der Waals surface area contributed by atoms with Crippen molar-refractivity contribution in [3.8, 4) is 22.6 Å². The molecule has 0 aliphatic heterocycles. The summed E-state index contributed by atoms with van der Waals surface area (Å²) >= 11 is 6.31. The molecule has 4 rings (SSSR count). The van der Waals surface area contributed by atoms with E-state index in [0.717, 1.165) is 16.7 Å². The third-order valence-corrected chi connectivity index (χ3v) is 4.38. The lowest BCUT2D eigenvalue weighted by atomic mass is 10.1. The van der Waals surface area contributed by atoms with Crippen LogP contribution in [0.25, 0.3) is 28.3 Å². The minimum absolute atomic E-state index is 0.122. The normalized spacial score (nSPS) is 11.2. The van der Waals surface area contributed by atoms with Crippen molar-refractivity contribution in [1.82, 2.24) is 19.4 Å². The maximum Gasteiger partial charge on any atom is 0.230 e. The summed E-state index contributed by atoms with van der Waals surface area (Å²) in [6.07, 6.45) is 0. The Kier molecular flexibility index (Phi) is 3.66. The number of rotatable bonds is 2. The van der Waals surface area contributed by atoms with Gasteiger partial charge in [0.15, 0.2) is 11.5 Å². The summed E-state index contributed by atoms with van der Waals surface area (Å²) in [4.78, 5) is 12.2. The van der Waals surface area contributed by atoms with Gasteiger partial charge in [-0.15, -0.1) is 14.8 Å². The van der Waals surface area contributed by atoms with Gasteiger partial charge in [-0.05, 0) is 19.1 Å². The van der Waals surface area contributed by atoms with Crippen molar-refractivity contribution in [1.29, 1.82) is 0 Å². The van der Waals surface area contributed by atoms with Gasteiger partial charge < -0.3 is 0 Å². The zero-order chi connectivity index (χ0) is 17.6. The van der Waals surface area contributed by atoms with Crippen LogP contribution in [0.15, 0.2) is 54.6 Å². The predicted octanol–water partition coefficient (Wildman–Crippen LogP) is 4.49. The Morgan fingerprint density at radius 2 is 1.80 bits per heavy atom. The fourth-order valence-electron chi connectivity index (χ4n) is 2.88. The molecular formula is C19H15ClN4O. The highest BCUT2D eigenvalue weighted by Gasteiger charge is 2.19. The number of fused-ring (bicyclic) bond motifs is 1. The summed E-state index contributed by atoms with van der Waals surface area (Å²) in [7, 11) is 0. The van der Waals surface area contributed by atoms with E-state index < -0.39 is 0 Å². The van der Waals surface area contributed by atoms with Crippen molar-refractivity contribution >= 4 is 23.2 Å². The van der Waals surface area contributed by atoms with Gasteiger partial charge in [-0.2, -0.15) is 0 Å². The zero-order valence-corrected chi connectivity index (χ0v) is 14.5. The van der Waals surface area contributed by atoms with Gasteiger partial charge in [0, 0.05) is 24.1 Å². The molecule has 0 radical (unpaired) electrons. The van der Waals surface area contributed by atoms with Gasteiger partial charge in [0.2, 0.25) is 5.91 Å². The summed E-state index contributed by atoms with van der Waals surface area (Å²) in [5, 5.41) is 9.64. The van der Waals surface area contributed by atoms with Gasteiger partial charge in [0.05, 0.1) is 10.7 Å². The van der Waals surface area contributed by atoms with Crippen LogP contribution < -0.4 is 0 Å². The molecule has 2 aromatic heterocycles. The summed E-state index contributed by atoms with van der Waals surface area (Å²) in [6, 6.07) is 17.2. The molecule has 0 amide bonds. The van der Waals surface area contributed by atoms with Crippen molar-refractivity contribution in [2.24, 2.45) is 0 Å². The maximum absolute atomic E-state index is 12.2.